The molecule has 2 aromatic rings. The fourth-order valence-corrected chi connectivity index (χ4v) is 3.05. The summed E-state index contributed by atoms with van der Waals surface area (Å²) in [6.07, 6.45) is 4.74. The number of rotatable bonds is 6. The Balaban J connectivity index is 1.45. The molecule has 0 spiro atoms. The summed E-state index contributed by atoms with van der Waals surface area (Å²) in [6.45, 7) is 3.17. The Morgan fingerprint density at radius 2 is 1.55 bits per heavy atom. The number of hydrogen-bond acceptors (Lipinski definition) is 2. The van der Waals surface area contributed by atoms with Crippen LogP contribution in [0.3, 0.4) is 0 Å². The maximum absolute atomic E-state index is 5.89. The number of ether oxygens (including phenoxy) is 1. The molecule has 0 saturated carbocycles. The molecule has 1 aliphatic rings. The third-order valence-electron chi connectivity index (χ3n) is 4.43. The lowest BCUT2D eigenvalue weighted by Gasteiger charge is -2.22. The maximum atomic E-state index is 5.89. The fraction of sp³-hybridized carbons (Fsp3) is 0.400. The molecule has 3 rings (SSSR count). The van der Waals surface area contributed by atoms with Crippen molar-refractivity contribution >= 4 is 0 Å². The minimum absolute atomic E-state index is 0.832. The highest BCUT2D eigenvalue weighted by atomic mass is 16.5. The van der Waals surface area contributed by atoms with Crippen LogP contribution in [0.2, 0.25) is 0 Å². The van der Waals surface area contributed by atoms with Crippen LogP contribution in [0.5, 0.6) is 5.75 Å². The van der Waals surface area contributed by atoms with E-state index in [9.17, 15) is 0 Å². The second-order valence-electron chi connectivity index (χ2n) is 6.14. The van der Waals surface area contributed by atoms with E-state index in [2.05, 4.69) is 59.9 Å². The van der Waals surface area contributed by atoms with Crippen molar-refractivity contribution in [3.05, 3.63) is 65.7 Å². The van der Waals surface area contributed by atoms with Crippen LogP contribution in [0.25, 0.3) is 0 Å². The molecule has 1 aliphatic heterocycles. The standard InChI is InChI=1S/C20H25NO/c1-2-4-18(5-3-1)16-19-6-8-20(9-7-19)22-15-12-17-10-13-21-14-11-17/h1-9,17,21H,10-16H2. The molecule has 0 aliphatic carbocycles. The van der Waals surface area contributed by atoms with Gasteiger partial charge in [-0.2, -0.15) is 0 Å². The monoisotopic (exact) mass is 295 g/mol. The van der Waals surface area contributed by atoms with E-state index in [4.69, 9.17) is 4.74 Å². The van der Waals surface area contributed by atoms with E-state index in [1.165, 1.54) is 43.5 Å². The van der Waals surface area contributed by atoms with E-state index >= 15 is 0 Å². The third kappa shape index (κ3) is 4.60. The first-order valence-corrected chi connectivity index (χ1v) is 8.36. The molecule has 0 unspecified atom stereocenters. The molecule has 22 heavy (non-hydrogen) atoms. The zero-order valence-electron chi connectivity index (χ0n) is 13.1. The van der Waals surface area contributed by atoms with Gasteiger partial charge in [0.05, 0.1) is 6.61 Å². The Morgan fingerprint density at radius 1 is 0.864 bits per heavy atom. The normalized spacial score (nSPS) is 15.6. The molecule has 0 radical (unpaired) electrons. The first-order valence-electron chi connectivity index (χ1n) is 8.36. The van der Waals surface area contributed by atoms with Crippen LogP contribution in [0.4, 0.5) is 0 Å². The summed E-state index contributed by atoms with van der Waals surface area (Å²) in [4.78, 5) is 0. The van der Waals surface area contributed by atoms with Crippen LogP contribution in [0, 0.1) is 5.92 Å². The molecule has 116 valence electrons. The topological polar surface area (TPSA) is 21.3 Å². The lowest BCUT2D eigenvalue weighted by molar-refractivity contribution is 0.252. The summed E-state index contributed by atoms with van der Waals surface area (Å²) < 4.78 is 5.89. The van der Waals surface area contributed by atoms with E-state index in [0.29, 0.717) is 0 Å². The zero-order chi connectivity index (χ0) is 15.0. The third-order valence-corrected chi connectivity index (χ3v) is 4.43. The van der Waals surface area contributed by atoms with Crippen molar-refractivity contribution in [1.29, 1.82) is 0 Å². The van der Waals surface area contributed by atoms with Crippen molar-refractivity contribution in [2.24, 2.45) is 5.92 Å². The van der Waals surface area contributed by atoms with E-state index in [-0.39, 0.29) is 0 Å². The molecular formula is C20H25NO. The molecule has 0 bridgehead atoms. The average molecular weight is 295 g/mol. The minimum Gasteiger partial charge on any atom is -0.494 e. The van der Waals surface area contributed by atoms with Crippen molar-refractivity contribution in [1.82, 2.24) is 5.32 Å². The van der Waals surface area contributed by atoms with E-state index < -0.39 is 0 Å². The van der Waals surface area contributed by atoms with Gasteiger partial charge < -0.3 is 10.1 Å². The van der Waals surface area contributed by atoms with Gasteiger partial charge >= 0.3 is 0 Å². The summed E-state index contributed by atoms with van der Waals surface area (Å²) in [5.41, 5.74) is 2.68. The Kier molecular flexibility index (Phi) is 5.49. The molecule has 1 N–H and O–H groups in total. The second-order valence-corrected chi connectivity index (χ2v) is 6.14. The van der Waals surface area contributed by atoms with Crippen LogP contribution in [0.1, 0.15) is 30.4 Å². The molecule has 0 amide bonds. The molecule has 0 aromatic heterocycles. The van der Waals surface area contributed by atoms with Gasteiger partial charge in [-0.05, 0) is 68.0 Å². The summed E-state index contributed by atoms with van der Waals surface area (Å²) in [7, 11) is 0. The molecule has 2 nitrogen and oxygen atoms in total. The second kappa shape index (κ2) is 8.00. The summed E-state index contributed by atoms with van der Waals surface area (Å²) in [5.74, 6) is 1.82. The van der Waals surface area contributed by atoms with Gasteiger partial charge in [-0.1, -0.05) is 42.5 Å². The van der Waals surface area contributed by atoms with Gasteiger partial charge in [-0.15, -0.1) is 0 Å². The maximum Gasteiger partial charge on any atom is 0.119 e. The zero-order valence-corrected chi connectivity index (χ0v) is 13.1. The SMILES string of the molecule is c1ccc(Cc2ccc(OCCC3CCNCC3)cc2)cc1. The van der Waals surface area contributed by atoms with Gasteiger partial charge in [0.25, 0.3) is 0 Å². The molecule has 2 heteroatoms. The Labute approximate surface area is 133 Å². The van der Waals surface area contributed by atoms with Gasteiger partial charge in [-0.25, -0.2) is 0 Å². The first kappa shape index (κ1) is 15.1. The summed E-state index contributed by atoms with van der Waals surface area (Å²) >= 11 is 0. The van der Waals surface area contributed by atoms with Gasteiger partial charge in [-0.3, -0.25) is 0 Å². The van der Waals surface area contributed by atoms with Crippen molar-refractivity contribution < 1.29 is 4.74 Å². The number of nitrogens with one attached hydrogen (secondary N) is 1. The predicted octanol–water partition coefficient (Wildman–Crippen LogP) is 4.05. The largest absolute Gasteiger partial charge is 0.494 e. The minimum atomic E-state index is 0.832. The van der Waals surface area contributed by atoms with Crippen molar-refractivity contribution in [3.8, 4) is 5.75 Å². The van der Waals surface area contributed by atoms with Crippen molar-refractivity contribution in [2.75, 3.05) is 19.7 Å². The molecule has 2 aromatic carbocycles. The fourth-order valence-electron chi connectivity index (χ4n) is 3.05. The first-order chi connectivity index (χ1) is 10.9. The highest BCUT2D eigenvalue weighted by Crippen LogP contribution is 2.18. The summed E-state index contributed by atoms with van der Waals surface area (Å²) in [5, 5.41) is 3.41. The van der Waals surface area contributed by atoms with Crippen LogP contribution in [-0.2, 0) is 6.42 Å². The smallest absolute Gasteiger partial charge is 0.119 e. The van der Waals surface area contributed by atoms with E-state index in [1.807, 2.05) is 0 Å². The molecule has 1 heterocycles. The van der Waals surface area contributed by atoms with Crippen molar-refractivity contribution in [3.63, 3.8) is 0 Å². The van der Waals surface area contributed by atoms with Gasteiger partial charge in [0.2, 0.25) is 0 Å². The lowest BCUT2D eigenvalue weighted by Crippen LogP contribution is -2.28. The lowest BCUT2D eigenvalue weighted by atomic mass is 9.95. The number of benzene rings is 2. The molecule has 0 atom stereocenters. The Bertz CT molecular complexity index is 544. The number of piperidine rings is 1. The highest BCUT2D eigenvalue weighted by molar-refractivity contribution is 5.31. The molecule has 1 saturated heterocycles. The summed E-state index contributed by atoms with van der Waals surface area (Å²) in [6, 6.07) is 19.1. The molecular weight excluding hydrogens is 270 g/mol. The van der Waals surface area contributed by atoms with Crippen LogP contribution in [0.15, 0.2) is 54.6 Å². The van der Waals surface area contributed by atoms with Gasteiger partial charge in [0.15, 0.2) is 0 Å². The molecule has 1 fully saturated rings. The van der Waals surface area contributed by atoms with Crippen LogP contribution >= 0.6 is 0 Å². The highest BCUT2D eigenvalue weighted by Gasteiger charge is 2.12. The number of hydrogen-bond donors (Lipinski definition) is 1. The van der Waals surface area contributed by atoms with E-state index in [1.54, 1.807) is 0 Å². The average Bonchev–Trinajstić information content (AvgIpc) is 2.58. The van der Waals surface area contributed by atoms with Gasteiger partial charge in [0, 0.05) is 0 Å². The quantitative estimate of drug-likeness (QED) is 0.868. The van der Waals surface area contributed by atoms with Gasteiger partial charge in [0.1, 0.15) is 5.75 Å². The Morgan fingerprint density at radius 3 is 2.27 bits per heavy atom. The van der Waals surface area contributed by atoms with Crippen LogP contribution < -0.4 is 10.1 Å². The Hall–Kier alpha value is -1.80. The van der Waals surface area contributed by atoms with E-state index in [0.717, 1.165) is 24.7 Å². The van der Waals surface area contributed by atoms with Crippen molar-refractivity contribution in [2.45, 2.75) is 25.7 Å². The van der Waals surface area contributed by atoms with Crippen LogP contribution in [-0.4, -0.2) is 19.7 Å². The predicted molar refractivity (Wildman–Crippen MR) is 91.4 cm³/mol.